The Labute approximate surface area is 180 Å². The van der Waals surface area contributed by atoms with Crippen LogP contribution in [-0.4, -0.2) is 23.3 Å². The normalized spacial score (nSPS) is 19.3. The number of aliphatic hydroxyl groups is 1. The lowest BCUT2D eigenvalue weighted by molar-refractivity contribution is -0.187. The first kappa shape index (κ1) is 25.6. The minimum Gasteiger partial charge on any atom is -0.461 e. The molecule has 1 aromatic carbocycles. The molecule has 1 aromatic rings. The maximum absolute atomic E-state index is 13.9. The second kappa shape index (κ2) is 12.4. The van der Waals surface area contributed by atoms with Gasteiger partial charge in [-0.3, -0.25) is 4.79 Å². The number of halogens is 5. The number of aliphatic hydroxyl groups excluding tert-OH is 1. The molecule has 0 aromatic heterocycles. The third-order valence-electron chi connectivity index (χ3n) is 5.89. The van der Waals surface area contributed by atoms with E-state index in [9.17, 15) is 31.9 Å². The molecule has 176 valence electrons. The number of hydrogen-bond acceptors (Lipinski definition) is 3. The molecule has 0 spiro atoms. The number of carbonyl (C=O) groups is 1. The van der Waals surface area contributed by atoms with Crippen LogP contribution in [0.2, 0.25) is 0 Å². The first-order valence-electron chi connectivity index (χ1n) is 11.2. The van der Waals surface area contributed by atoms with Gasteiger partial charge in [-0.1, -0.05) is 64.7 Å². The molecule has 1 fully saturated rings. The number of hydrogen-bond donors (Lipinski definition) is 1. The van der Waals surface area contributed by atoms with Crippen molar-refractivity contribution >= 4 is 5.97 Å². The van der Waals surface area contributed by atoms with Crippen molar-refractivity contribution in [1.29, 1.82) is 0 Å². The fourth-order valence-corrected chi connectivity index (χ4v) is 3.95. The molecule has 0 aliphatic carbocycles. The van der Waals surface area contributed by atoms with E-state index in [1.54, 1.807) is 0 Å². The average molecular weight is 450 g/mol. The fraction of sp³-hybridized carbons (Fsp3) is 0.696. The summed E-state index contributed by atoms with van der Waals surface area (Å²) in [6.45, 7) is 2.18. The number of unbranched alkanes of at least 4 members (excludes halogenated alkanes) is 8. The van der Waals surface area contributed by atoms with Crippen LogP contribution in [0.5, 0.6) is 0 Å². The molecule has 0 bridgehead atoms. The van der Waals surface area contributed by atoms with Gasteiger partial charge in [0.2, 0.25) is 5.82 Å². The number of ether oxygens (including phenoxy) is 1. The van der Waals surface area contributed by atoms with Gasteiger partial charge in [0.1, 0.15) is 6.10 Å². The summed E-state index contributed by atoms with van der Waals surface area (Å²) in [5.41, 5.74) is -1.03. The first-order chi connectivity index (χ1) is 14.8. The first-order valence-corrected chi connectivity index (χ1v) is 11.2. The van der Waals surface area contributed by atoms with Gasteiger partial charge in [0.05, 0.1) is 12.0 Å². The lowest BCUT2D eigenvalue weighted by Gasteiger charge is -2.36. The lowest BCUT2D eigenvalue weighted by atomic mass is 9.85. The van der Waals surface area contributed by atoms with Gasteiger partial charge in [-0.25, -0.2) is 22.0 Å². The highest BCUT2D eigenvalue weighted by Crippen LogP contribution is 2.33. The Morgan fingerprint density at radius 1 is 0.806 bits per heavy atom. The molecule has 0 amide bonds. The fourth-order valence-electron chi connectivity index (χ4n) is 3.95. The predicted octanol–water partition coefficient (Wildman–Crippen LogP) is 6.14. The maximum atomic E-state index is 13.9. The van der Waals surface area contributed by atoms with Crippen molar-refractivity contribution < 1.29 is 36.6 Å². The van der Waals surface area contributed by atoms with Crippen LogP contribution in [0, 0.1) is 35.0 Å². The molecular formula is C23H31F5O3. The number of carbonyl (C=O) groups excluding carboxylic acids is 1. The van der Waals surface area contributed by atoms with E-state index in [2.05, 4.69) is 6.92 Å². The van der Waals surface area contributed by atoms with E-state index < -0.39 is 65.2 Å². The Kier molecular flexibility index (Phi) is 10.2. The van der Waals surface area contributed by atoms with E-state index >= 15 is 0 Å². The van der Waals surface area contributed by atoms with Crippen LogP contribution in [0.3, 0.4) is 0 Å². The molecule has 1 unspecified atom stereocenters. The van der Waals surface area contributed by atoms with Crippen LogP contribution in [0.25, 0.3) is 0 Å². The van der Waals surface area contributed by atoms with Gasteiger partial charge in [0.25, 0.3) is 0 Å². The van der Waals surface area contributed by atoms with Crippen molar-refractivity contribution in [2.24, 2.45) is 5.92 Å². The molecule has 3 nitrogen and oxygen atoms in total. The highest BCUT2D eigenvalue weighted by molar-refractivity contribution is 5.79. The maximum Gasteiger partial charge on any atom is 0.313 e. The molecule has 1 aliphatic heterocycles. The SMILES string of the molecule is CCCCCCCCCCCC(O)C[C@@H]1OC(=O)[C@H]1Cc1c(F)c(F)c(F)c(F)c1F. The van der Waals surface area contributed by atoms with Gasteiger partial charge >= 0.3 is 5.97 Å². The summed E-state index contributed by atoms with van der Waals surface area (Å²) in [6, 6.07) is 0. The van der Waals surface area contributed by atoms with Crippen molar-refractivity contribution in [1.82, 2.24) is 0 Å². The smallest absolute Gasteiger partial charge is 0.313 e. The topological polar surface area (TPSA) is 46.5 Å². The van der Waals surface area contributed by atoms with Gasteiger partial charge in [0, 0.05) is 12.0 Å². The number of rotatable bonds is 14. The molecule has 0 saturated carbocycles. The van der Waals surface area contributed by atoms with Gasteiger partial charge in [-0.05, 0) is 12.8 Å². The highest BCUT2D eigenvalue weighted by Gasteiger charge is 2.44. The van der Waals surface area contributed by atoms with E-state index in [1.165, 1.54) is 32.1 Å². The summed E-state index contributed by atoms with van der Waals surface area (Å²) >= 11 is 0. The minimum absolute atomic E-state index is 0.0722. The Bertz CT molecular complexity index is 711. The number of benzene rings is 1. The summed E-state index contributed by atoms with van der Waals surface area (Å²) in [6.07, 6.45) is 8.56. The van der Waals surface area contributed by atoms with Crippen LogP contribution < -0.4 is 0 Å². The largest absolute Gasteiger partial charge is 0.461 e. The van der Waals surface area contributed by atoms with Crippen molar-refractivity contribution in [3.05, 3.63) is 34.6 Å². The molecule has 8 heteroatoms. The van der Waals surface area contributed by atoms with Crippen molar-refractivity contribution in [3.63, 3.8) is 0 Å². The van der Waals surface area contributed by atoms with E-state index in [0.717, 1.165) is 25.7 Å². The Morgan fingerprint density at radius 3 is 1.81 bits per heavy atom. The van der Waals surface area contributed by atoms with Gasteiger partial charge < -0.3 is 9.84 Å². The predicted molar refractivity (Wildman–Crippen MR) is 106 cm³/mol. The van der Waals surface area contributed by atoms with Crippen LogP contribution in [-0.2, 0) is 16.0 Å². The quantitative estimate of drug-likeness (QED) is 0.122. The minimum atomic E-state index is -2.23. The van der Waals surface area contributed by atoms with Gasteiger partial charge in [-0.15, -0.1) is 0 Å². The monoisotopic (exact) mass is 450 g/mol. The zero-order valence-corrected chi connectivity index (χ0v) is 17.9. The molecule has 3 atom stereocenters. The van der Waals surface area contributed by atoms with Crippen LogP contribution >= 0.6 is 0 Å². The van der Waals surface area contributed by atoms with Crippen molar-refractivity contribution in [3.8, 4) is 0 Å². The second-order valence-electron chi connectivity index (χ2n) is 8.34. The van der Waals surface area contributed by atoms with Crippen molar-refractivity contribution in [2.45, 2.75) is 96.2 Å². The third-order valence-corrected chi connectivity index (χ3v) is 5.89. The van der Waals surface area contributed by atoms with E-state index in [-0.39, 0.29) is 6.42 Å². The molecule has 2 rings (SSSR count). The molecule has 1 aliphatic rings. The van der Waals surface area contributed by atoms with Gasteiger partial charge in [0.15, 0.2) is 23.3 Å². The van der Waals surface area contributed by atoms with Crippen LogP contribution in [0.1, 0.15) is 83.1 Å². The van der Waals surface area contributed by atoms with Gasteiger partial charge in [-0.2, -0.15) is 0 Å². The summed E-state index contributed by atoms with van der Waals surface area (Å²) in [5.74, 6) is -12.0. The Hall–Kier alpha value is -1.70. The highest BCUT2D eigenvalue weighted by atomic mass is 19.2. The molecular weight excluding hydrogens is 419 g/mol. The van der Waals surface area contributed by atoms with Crippen LogP contribution in [0.4, 0.5) is 22.0 Å². The standard InChI is InChI=1S/C23H31F5O3/c1-2-3-4-5-6-7-8-9-10-11-14(29)12-17-15(23(30)31-17)13-16-18(24)20(26)22(28)21(27)19(16)25/h14-15,17,29H,2-13H2,1H3/t14?,15-,17-/m0/s1. The van der Waals surface area contributed by atoms with E-state index in [4.69, 9.17) is 4.74 Å². The Balaban J connectivity index is 1.76. The number of esters is 1. The molecule has 1 saturated heterocycles. The van der Waals surface area contributed by atoms with Crippen LogP contribution in [0.15, 0.2) is 0 Å². The Morgan fingerprint density at radius 2 is 1.29 bits per heavy atom. The molecule has 1 heterocycles. The summed E-state index contributed by atoms with van der Waals surface area (Å²) < 4.78 is 72.6. The summed E-state index contributed by atoms with van der Waals surface area (Å²) in [7, 11) is 0. The molecule has 1 N–H and O–H groups in total. The van der Waals surface area contributed by atoms with E-state index in [1.807, 2.05) is 0 Å². The van der Waals surface area contributed by atoms with Crippen molar-refractivity contribution in [2.75, 3.05) is 0 Å². The lowest BCUT2D eigenvalue weighted by Crippen LogP contribution is -2.48. The summed E-state index contributed by atoms with van der Waals surface area (Å²) in [5, 5.41) is 10.2. The second-order valence-corrected chi connectivity index (χ2v) is 8.34. The molecule has 0 radical (unpaired) electrons. The zero-order chi connectivity index (χ0) is 23.0. The molecule has 31 heavy (non-hydrogen) atoms. The summed E-state index contributed by atoms with van der Waals surface area (Å²) in [4.78, 5) is 11.7. The number of cyclic esters (lactones) is 1. The third kappa shape index (κ3) is 6.89. The average Bonchev–Trinajstić information content (AvgIpc) is 2.74. The zero-order valence-electron chi connectivity index (χ0n) is 17.9. The van der Waals surface area contributed by atoms with E-state index in [0.29, 0.717) is 6.42 Å².